The molecule has 2 rings (SSSR count). The Morgan fingerprint density at radius 1 is 1.38 bits per heavy atom. The molecule has 16 heavy (non-hydrogen) atoms. The quantitative estimate of drug-likeness (QED) is 0.690. The van der Waals surface area contributed by atoms with Crippen molar-refractivity contribution in [1.29, 1.82) is 0 Å². The zero-order valence-electron chi connectivity index (χ0n) is 9.84. The number of aryl methyl sites for hydroxylation is 1. The van der Waals surface area contributed by atoms with E-state index >= 15 is 0 Å². The lowest BCUT2D eigenvalue weighted by atomic mass is 9.84. The first-order chi connectivity index (χ1) is 7.79. The van der Waals surface area contributed by atoms with Crippen LogP contribution in [0.4, 0.5) is 0 Å². The molecule has 0 aromatic carbocycles. The van der Waals surface area contributed by atoms with Crippen molar-refractivity contribution in [2.24, 2.45) is 5.92 Å². The van der Waals surface area contributed by atoms with Crippen LogP contribution in [-0.4, -0.2) is 5.88 Å². The first kappa shape index (κ1) is 11.8. The molecule has 0 saturated heterocycles. The predicted octanol–water partition coefficient (Wildman–Crippen LogP) is 4.79. The monoisotopic (exact) mass is 238 g/mol. The maximum Gasteiger partial charge on any atom is 0.127 e. The summed E-state index contributed by atoms with van der Waals surface area (Å²) in [5.74, 6) is 3.21. The van der Waals surface area contributed by atoms with Crippen LogP contribution in [0.1, 0.15) is 43.6 Å². The highest BCUT2D eigenvalue weighted by molar-refractivity contribution is 6.19. The molecule has 1 aromatic heterocycles. The molecule has 0 amide bonds. The van der Waals surface area contributed by atoms with Gasteiger partial charge in [-0.15, -0.1) is 11.6 Å². The van der Waals surface area contributed by atoms with E-state index in [1.807, 2.05) is 19.1 Å². The third-order valence-corrected chi connectivity index (χ3v) is 3.68. The van der Waals surface area contributed by atoms with Crippen molar-refractivity contribution in [2.75, 3.05) is 5.88 Å². The summed E-state index contributed by atoms with van der Waals surface area (Å²) in [5, 5.41) is 0. The summed E-state index contributed by atoms with van der Waals surface area (Å²) < 4.78 is 5.57. The molecule has 0 spiro atoms. The van der Waals surface area contributed by atoms with E-state index in [0.717, 1.165) is 11.5 Å². The molecule has 0 unspecified atom stereocenters. The predicted molar refractivity (Wildman–Crippen MR) is 68.7 cm³/mol. The smallest absolute Gasteiger partial charge is 0.127 e. The van der Waals surface area contributed by atoms with Crippen LogP contribution in [-0.2, 0) is 0 Å². The molecule has 2 heteroatoms. The fourth-order valence-electron chi connectivity index (χ4n) is 2.45. The third kappa shape index (κ3) is 2.91. The number of hydrogen-bond acceptors (Lipinski definition) is 1. The van der Waals surface area contributed by atoms with Gasteiger partial charge in [-0.1, -0.05) is 19.3 Å². The average Bonchev–Trinajstić information content (AvgIpc) is 2.73. The van der Waals surface area contributed by atoms with Gasteiger partial charge in [-0.3, -0.25) is 0 Å². The van der Waals surface area contributed by atoms with Crippen LogP contribution in [0.25, 0.3) is 6.08 Å². The Labute approximate surface area is 102 Å². The summed E-state index contributed by atoms with van der Waals surface area (Å²) in [6.45, 7) is 1.97. The largest absolute Gasteiger partial charge is 0.462 e. The van der Waals surface area contributed by atoms with E-state index in [4.69, 9.17) is 16.0 Å². The maximum absolute atomic E-state index is 6.05. The van der Waals surface area contributed by atoms with E-state index in [-0.39, 0.29) is 0 Å². The van der Waals surface area contributed by atoms with Crippen LogP contribution in [0.3, 0.4) is 0 Å². The molecule has 1 aliphatic rings. The molecule has 88 valence electrons. The van der Waals surface area contributed by atoms with Gasteiger partial charge in [0, 0.05) is 5.88 Å². The lowest BCUT2D eigenvalue weighted by molar-refractivity contribution is 0.404. The van der Waals surface area contributed by atoms with Crippen LogP contribution in [0.15, 0.2) is 22.1 Å². The van der Waals surface area contributed by atoms with Crippen molar-refractivity contribution < 1.29 is 4.42 Å². The average molecular weight is 239 g/mol. The number of furan rings is 1. The van der Waals surface area contributed by atoms with Crippen LogP contribution in [0.2, 0.25) is 0 Å². The number of halogens is 1. The molecule has 0 N–H and O–H groups in total. The maximum atomic E-state index is 6.05. The van der Waals surface area contributed by atoms with Gasteiger partial charge in [-0.2, -0.15) is 0 Å². The second-order valence-corrected chi connectivity index (χ2v) is 4.90. The minimum absolute atomic E-state index is 0.629. The Bertz CT molecular complexity index is 359. The van der Waals surface area contributed by atoms with Gasteiger partial charge >= 0.3 is 0 Å². The van der Waals surface area contributed by atoms with E-state index in [2.05, 4.69) is 6.08 Å². The minimum atomic E-state index is 0.629. The molecule has 1 aliphatic carbocycles. The van der Waals surface area contributed by atoms with Crippen molar-refractivity contribution in [1.82, 2.24) is 0 Å². The molecular formula is C14H19ClO. The lowest BCUT2D eigenvalue weighted by Crippen LogP contribution is -2.10. The van der Waals surface area contributed by atoms with E-state index in [0.29, 0.717) is 11.8 Å². The van der Waals surface area contributed by atoms with Crippen molar-refractivity contribution in [2.45, 2.75) is 39.0 Å². The molecule has 1 saturated carbocycles. The van der Waals surface area contributed by atoms with Crippen LogP contribution in [0.5, 0.6) is 0 Å². The van der Waals surface area contributed by atoms with E-state index in [1.165, 1.54) is 37.7 Å². The fraction of sp³-hybridized carbons (Fsp3) is 0.571. The summed E-state index contributed by atoms with van der Waals surface area (Å²) in [5.41, 5.74) is 1.34. The molecule has 0 atom stereocenters. The summed E-state index contributed by atoms with van der Waals surface area (Å²) in [6, 6.07) is 4.02. The Kier molecular flexibility index (Phi) is 4.11. The third-order valence-electron chi connectivity index (χ3n) is 3.37. The topological polar surface area (TPSA) is 13.1 Å². The molecule has 1 fully saturated rings. The molecule has 0 bridgehead atoms. The highest BCUT2D eigenvalue weighted by atomic mass is 35.5. The van der Waals surface area contributed by atoms with Crippen LogP contribution in [0, 0.1) is 12.8 Å². The first-order valence-corrected chi connectivity index (χ1v) is 6.66. The molecule has 0 aliphatic heterocycles. The number of allylic oxidation sites excluding steroid dienone is 1. The van der Waals surface area contributed by atoms with Crippen molar-refractivity contribution >= 4 is 17.7 Å². The van der Waals surface area contributed by atoms with Gasteiger partial charge in [-0.25, -0.2) is 0 Å². The highest BCUT2D eigenvalue weighted by Gasteiger charge is 2.17. The van der Waals surface area contributed by atoms with Crippen molar-refractivity contribution in [3.63, 3.8) is 0 Å². The second-order valence-electron chi connectivity index (χ2n) is 4.64. The molecule has 1 heterocycles. The van der Waals surface area contributed by atoms with Gasteiger partial charge < -0.3 is 4.42 Å². The SMILES string of the molecule is Cc1ccc(C=C(CCl)C2CCCCC2)o1. The molecule has 1 nitrogen and oxygen atoms in total. The second kappa shape index (κ2) is 5.58. The van der Waals surface area contributed by atoms with Gasteiger partial charge in [0.25, 0.3) is 0 Å². The van der Waals surface area contributed by atoms with Crippen molar-refractivity contribution in [3.05, 3.63) is 29.2 Å². The Balaban J connectivity index is 2.11. The van der Waals surface area contributed by atoms with Gasteiger partial charge in [0.05, 0.1) is 0 Å². The van der Waals surface area contributed by atoms with E-state index in [9.17, 15) is 0 Å². The Hall–Kier alpha value is -0.690. The van der Waals surface area contributed by atoms with E-state index in [1.54, 1.807) is 0 Å². The summed E-state index contributed by atoms with van der Waals surface area (Å²) >= 11 is 6.05. The Morgan fingerprint density at radius 2 is 2.12 bits per heavy atom. The van der Waals surface area contributed by atoms with Crippen LogP contribution < -0.4 is 0 Å². The zero-order valence-corrected chi connectivity index (χ0v) is 10.6. The zero-order chi connectivity index (χ0) is 11.4. The first-order valence-electron chi connectivity index (χ1n) is 6.12. The number of rotatable bonds is 3. The van der Waals surface area contributed by atoms with E-state index < -0.39 is 0 Å². The van der Waals surface area contributed by atoms with Gasteiger partial charge in [-0.05, 0) is 49.5 Å². The minimum Gasteiger partial charge on any atom is -0.462 e. The number of hydrogen-bond donors (Lipinski definition) is 0. The summed E-state index contributed by atoms with van der Waals surface area (Å²) in [7, 11) is 0. The van der Waals surface area contributed by atoms with Crippen LogP contribution >= 0.6 is 11.6 Å². The van der Waals surface area contributed by atoms with Gasteiger partial charge in [0.2, 0.25) is 0 Å². The van der Waals surface area contributed by atoms with Gasteiger partial charge in [0.1, 0.15) is 11.5 Å². The van der Waals surface area contributed by atoms with Gasteiger partial charge in [0.15, 0.2) is 0 Å². The summed E-state index contributed by atoms with van der Waals surface area (Å²) in [4.78, 5) is 0. The fourth-order valence-corrected chi connectivity index (χ4v) is 2.75. The normalized spacial score (nSPS) is 19.0. The molecular weight excluding hydrogens is 220 g/mol. The standard InChI is InChI=1S/C14H19ClO/c1-11-7-8-14(16-11)9-13(10-15)12-5-3-2-4-6-12/h7-9,12H,2-6,10H2,1H3. The molecule has 1 aromatic rings. The van der Waals surface area contributed by atoms with Crippen molar-refractivity contribution in [3.8, 4) is 0 Å². The lowest BCUT2D eigenvalue weighted by Gasteiger charge is -2.23. The Morgan fingerprint density at radius 3 is 2.69 bits per heavy atom. The highest BCUT2D eigenvalue weighted by Crippen LogP contribution is 2.31. The number of alkyl halides is 1. The molecule has 0 radical (unpaired) electrons. The summed E-state index contributed by atoms with van der Waals surface area (Å²) in [6.07, 6.45) is 8.78.